The zero-order chi connectivity index (χ0) is 24.1. The standard InChI is InChI=1S/C25H34ClNO5S/c26-22-16-14-20(15-17-22)25(30)21-11-10-12-23(19-21)33(31,32)27-18-9-7-5-3-1-2-4-6-8-13-24(28)29/h10-12,14-17,19,25,27,30H,1-9,13,18H2,(H,28,29). The Kier molecular flexibility index (Phi) is 11.9. The van der Waals surface area contributed by atoms with Crippen molar-refractivity contribution in [3.63, 3.8) is 0 Å². The molecule has 0 aliphatic heterocycles. The highest BCUT2D eigenvalue weighted by molar-refractivity contribution is 7.89. The normalized spacial score (nSPS) is 12.5. The number of sulfonamides is 1. The number of unbranched alkanes of at least 4 members (excludes halogenated alkanes) is 8. The Morgan fingerprint density at radius 1 is 0.848 bits per heavy atom. The van der Waals surface area contributed by atoms with Crippen LogP contribution >= 0.6 is 11.6 Å². The van der Waals surface area contributed by atoms with Crippen molar-refractivity contribution in [2.45, 2.75) is 75.2 Å². The summed E-state index contributed by atoms with van der Waals surface area (Å²) < 4.78 is 27.9. The van der Waals surface area contributed by atoms with Gasteiger partial charge in [-0.25, -0.2) is 13.1 Å². The maximum Gasteiger partial charge on any atom is 0.303 e. The number of nitrogens with one attached hydrogen (secondary N) is 1. The van der Waals surface area contributed by atoms with Crippen molar-refractivity contribution in [3.8, 4) is 0 Å². The number of carboxylic acid groups (broad SMARTS) is 1. The lowest BCUT2D eigenvalue weighted by atomic mass is 10.0. The number of aliphatic carboxylic acids is 1. The average Bonchev–Trinajstić information content (AvgIpc) is 2.79. The number of carbonyl (C=O) groups is 1. The number of hydrogen-bond donors (Lipinski definition) is 3. The molecular formula is C25H34ClNO5S. The van der Waals surface area contributed by atoms with E-state index in [0.29, 0.717) is 22.7 Å². The smallest absolute Gasteiger partial charge is 0.303 e. The molecule has 0 amide bonds. The molecule has 6 nitrogen and oxygen atoms in total. The van der Waals surface area contributed by atoms with Crippen molar-refractivity contribution in [1.29, 1.82) is 0 Å². The van der Waals surface area contributed by atoms with E-state index < -0.39 is 22.1 Å². The first kappa shape index (κ1) is 27.3. The van der Waals surface area contributed by atoms with Crippen LogP contribution in [-0.4, -0.2) is 31.1 Å². The van der Waals surface area contributed by atoms with E-state index in [2.05, 4.69) is 4.72 Å². The molecule has 182 valence electrons. The Balaban J connectivity index is 1.68. The van der Waals surface area contributed by atoms with Crippen molar-refractivity contribution in [3.05, 3.63) is 64.7 Å². The summed E-state index contributed by atoms with van der Waals surface area (Å²) in [6, 6.07) is 13.2. The topological polar surface area (TPSA) is 104 Å². The molecule has 0 heterocycles. The van der Waals surface area contributed by atoms with E-state index in [9.17, 15) is 18.3 Å². The highest BCUT2D eigenvalue weighted by atomic mass is 35.5. The molecule has 0 fully saturated rings. The lowest BCUT2D eigenvalue weighted by Crippen LogP contribution is -2.25. The monoisotopic (exact) mass is 495 g/mol. The Bertz CT molecular complexity index is 963. The van der Waals surface area contributed by atoms with Crippen LogP contribution in [0.15, 0.2) is 53.4 Å². The molecule has 0 saturated heterocycles. The predicted molar refractivity (Wildman–Crippen MR) is 131 cm³/mol. The zero-order valence-electron chi connectivity index (χ0n) is 18.9. The molecule has 0 aromatic heterocycles. The minimum atomic E-state index is -3.65. The van der Waals surface area contributed by atoms with Crippen LogP contribution in [0.3, 0.4) is 0 Å². The van der Waals surface area contributed by atoms with Crippen LogP contribution in [0.4, 0.5) is 0 Å². The molecule has 2 aromatic rings. The molecule has 0 aliphatic carbocycles. The van der Waals surface area contributed by atoms with Gasteiger partial charge in [-0.05, 0) is 48.2 Å². The number of aliphatic hydroxyl groups excluding tert-OH is 1. The molecule has 3 N–H and O–H groups in total. The van der Waals surface area contributed by atoms with Crippen molar-refractivity contribution < 1.29 is 23.4 Å². The van der Waals surface area contributed by atoms with Crippen molar-refractivity contribution in [1.82, 2.24) is 4.72 Å². The molecule has 2 rings (SSSR count). The van der Waals surface area contributed by atoms with E-state index in [0.717, 1.165) is 57.8 Å². The summed E-state index contributed by atoms with van der Waals surface area (Å²) in [5.41, 5.74) is 1.14. The molecule has 33 heavy (non-hydrogen) atoms. The van der Waals surface area contributed by atoms with E-state index in [4.69, 9.17) is 16.7 Å². The number of rotatable bonds is 16. The van der Waals surface area contributed by atoms with Gasteiger partial charge in [0.15, 0.2) is 0 Å². The van der Waals surface area contributed by atoms with Crippen LogP contribution in [-0.2, 0) is 14.8 Å². The van der Waals surface area contributed by atoms with Crippen LogP contribution in [0.25, 0.3) is 0 Å². The maximum atomic E-state index is 12.6. The first-order valence-electron chi connectivity index (χ1n) is 11.5. The van der Waals surface area contributed by atoms with E-state index >= 15 is 0 Å². The van der Waals surface area contributed by atoms with Crippen LogP contribution in [0.1, 0.15) is 81.4 Å². The number of hydrogen-bond acceptors (Lipinski definition) is 4. The highest BCUT2D eigenvalue weighted by Gasteiger charge is 2.17. The molecule has 0 radical (unpaired) electrons. The average molecular weight is 496 g/mol. The minimum absolute atomic E-state index is 0.135. The molecule has 0 saturated carbocycles. The summed E-state index contributed by atoms with van der Waals surface area (Å²) in [7, 11) is -3.65. The van der Waals surface area contributed by atoms with Gasteiger partial charge in [-0.2, -0.15) is 0 Å². The number of aliphatic hydroxyl groups is 1. The first-order valence-corrected chi connectivity index (χ1v) is 13.4. The fraction of sp³-hybridized carbons (Fsp3) is 0.480. The molecule has 8 heteroatoms. The van der Waals surface area contributed by atoms with E-state index in [1.165, 1.54) is 12.1 Å². The van der Waals surface area contributed by atoms with Crippen molar-refractivity contribution in [2.24, 2.45) is 0 Å². The summed E-state index contributed by atoms with van der Waals surface area (Å²) in [5.74, 6) is -0.728. The van der Waals surface area contributed by atoms with Crippen molar-refractivity contribution >= 4 is 27.6 Å². The summed E-state index contributed by atoms with van der Waals surface area (Å²) in [6.07, 6.45) is 8.23. The van der Waals surface area contributed by atoms with Crippen LogP contribution in [0.2, 0.25) is 5.02 Å². The van der Waals surface area contributed by atoms with Crippen LogP contribution in [0.5, 0.6) is 0 Å². The van der Waals surface area contributed by atoms with Gasteiger partial charge in [0.05, 0.1) is 4.90 Å². The van der Waals surface area contributed by atoms with Gasteiger partial charge >= 0.3 is 5.97 Å². The quantitative estimate of drug-likeness (QED) is 0.260. The van der Waals surface area contributed by atoms with Gasteiger partial charge in [0.25, 0.3) is 0 Å². The third-order valence-corrected chi connectivity index (χ3v) is 7.24. The lowest BCUT2D eigenvalue weighted by molar-refractivity contribution is -0.137. The van der Waals surface area contributed by atoms with Gasteiger partial charge in [-0.1, -0.05) is 80.8 Å². The zero-order valence-corrected chi connectivity index (χ0v) is 20.5. The van der Waals surface area contributed by atoms with E-state index in [1.807, 2.05) is 0 Å². The minimum Gasteiger partial charge on any atom is -0.481 e. The maximum absolute atomic E-state index is 12.6. The van der Waals surface area contributed by atoms with Gasteiger partial charge in [0.2, 0.25) is 10.0 Å². The fourth-order valence-electron chi connectivity index (χ4n) is 3.62. The summed E-state index contributed by atoms with van der Waals surface area (Å²) >= 11 is 5.89. The molecule has 0 spiro atoms. The molecule has 1 atom stereocenters. The SMILES string of the molecule is O=C(O)CCCCCCCCCCCNS(=O)(=O)c1cccc(C(O)c2ccc(Cl)cc2)c1. The highest BCUT2D eigenvalue weighted by Crippen LogP contribution is 2.25. The summed E-state index contributed by atoms with van der Waals surface area (Å²) in [6.45, 7) is 0.376. The summed E-state index contributed by atoms with van der Waals surface area (Å²) in [5, 5.41) is 19.8. The van der Waals surface area contributed by atoms with E-state index in [1.54, 1.807) is 36.4 Å². The van der Waals surface area contributed by atoms with Gasteiger partial charge in [0, 0.05) is 18.0 Å². The Labute approximate surface area is 202 Å². The Hall–Kier alpha value is -1.93. The van der Waals surface area contributed by atoms with Gasteiger partial charge in [0.1, 0.15) is 6.10 Å². The second kappa shape index (κ2) is 14.4. The fourth-order valence-corrected chi connectivity index (χ4v) is 4.87. The number of carboxylic acids is 1. The third kappa shape index (κ3) is 10.3. The summed E-state index contributed by atoms with van der Waals surface area (Å²) in [4.78, 5) is 10.6. The predicted octanol–water partition coefficient (Wildman–Crippen LogP) is 5.69. The van der Waals surface area contributed by atoms with Gasteiger partial charge in [-0.15, -0.1) is 0 Å². The largest absolute Gasteiger partial charge is 0.481 e. The second-order valence-electron chi connectivity index (χ2n) is 8.25. The molecule has 1 unspecified atom stereocenters. The van der Waals surface area contributed by atoms with Crippen LogP contribution < -0.4 is 4.72 Å². The van der Waals surface area contributed by atoms with Gasteiger partial charge < -0.3 is 10.2 Å². The lowest BCUT2D eigenvalue weighted by Gasteiger charge is -2.13. The molecular weight excluding hydrogens is 462 g/mol. The Morgan fingerprint density at radius 3 is 2.03 bits per heavy atom. The van der Waals surface area contributed by atoms with Gasteiger partial charge in [-0.3, -0.25) is 4.79 Å². The second-order valence-corrected chi connectivity index (χ2v) is 10.5. The molecule has 2 aromatic carbocycles. The number of benzene rings is 2. The molecule has 0 aliphatic rings. The Morgan fingerprint density at radius 2 is 1.42 bits per heavy atom. The number of halogens is 1. The van der Waals surface area contributed by atoms with E-state index in [-0.39, 0.29) is 11.3 Å². The van der Waals surface area contributed by atoms with Crippen molar-refractivity contribution in [2.75, 3.05) is 6.54 Å². The molecule has 0 bridgehead atoms. The third-order valence-electron chi connectivity index (χ3n) is 5.53. The van der Waals surface area contributed by atoms with Crippen LogP contribution in [0, 0.1) is 0 Å². The first-order chi connectivity index (χ1) is 15.8.